The molecule has 1 N–H and O–H groups in total. The van der Waals surface area contributed by atoms with Crippen molar-refractivity contribution in [1.29, 1.82) is 0 Å². The molecule has 0 bridgehead atoms. The second kappa shape index (κ2) is 4.69. The topological polar surface area (TPSA) is 80.4 Å². The van der Waals surface area contributed by atoms with Crippen molar-refractivity contribution in [3.63, 3.8) is 0 Å². The van der Waals surface area contributed by atoms with Gasteiger partial charge >= 0.3 is 5.97 Å². The Kier molecular flexibility index (Phi) is 2.88. The first kappa shape index (κ1) is 11.7. The van der Waals surface area contributed by atoms with Gasteiger partial charge in [-0.2, -0.15) is 0 Å². The molecule has 0 radical (unpaired) electrons. The summed E-state index contributed by atoms with van der Waals surface area (Å²) in [5, 5.41) is 17.5. The van der Waals surface area contributed by atoms with Crippen LogP contribution < -0.4 is 0 Å². The molecule has 0 spiro atoms. The van der Waals surface area contributed by atoms with E-state index in [2.05, 4.69) is 15.2 Å². The Morgan fingerprint density at radius 1 is 1.32 bits per heavy atom. The van der Waals surface area contributed by atoms with Gasteiger partial charge in [0.15, 0.2) is 5.65 Å². The summed E-state index contributed by atoms with van der Waals surface area (Å²) < 4.78 is 1.73. The van der Waals surface area contributed by atoms with Gasteiger partial charge in [0.05, 0.1) is 5.56 Å². The highest BCUT2D eigenvalue weighted by Crippen LogP contribution is 2.30. The molecule has 0 atom stereocenters. The van der Waals surface area contributed by atoms with Gasteiger partial charge in [0.1, 0.15) is 11.4 Å². The third kappa shape index (κ3) is 2.15. The van der Waals surface area contributed by atoms with Gasteiger partial charge in [0.25, 0.3) is 0 Å². The van der Waals surface area contributed by atoms with Gasteiger partial charge < -0.3 is 5.11 Å². The predicted octanol–water partition coefficient (Wildman–Crippen LogP) is 1.97. The smallest absolute Gasteiger partial charge is 0.336 e. The number of rotatable bonds is 3. The van der Waals surface area contributed by atoms with Crippen LogP contribution in [0.5, 0.6) is 0 Å². The molecule has 3 rings (SSSR count). The summed E-state index contributed by atoms with van der Waals surface area (Å²) in [4.78, 5) is 16.0. The summed E-state index contributed by atoms with van der Waals surface area (Å²) in [5.41, 5.74) is 0.850. The molecule has 0 unspecified atom stereocenters. The van der Waals surface area contributed by atoms with E-state index in [-0.39, 0.29) is 5.56 Å². The SMILES string of the molecule is O=C(O)c1ccccc1Sc1nccn2cnnc12. The van der Waals surface area contributed by atoms with Gasteiger partial charge in [0, 0.05) is 17.3 Å². The first-order valence-electron chi connectivity index (χ1n) is 5.40. The van der Waals surface area contributed by atoms with E-state index in [1.54, 1.807) is 47.4 Å². The number of hydrogen-bond donors (Lipinski definition) is 1. The van der Waals surface area contributed by atoms with E-state index in [4.69, 9.17) is 5.11 Å². The van der Waals surface area contributed by atoms with E-state index in [0.29, 0.717) is 15.6 Å². The molecule has 0 amide bonds. The third-order valence-corrected chi connectivity index (χ3v) is 3.56. The largest absolute Gasteiger partial charge is 0.478 e. The van der Waals surface area contributed by atoms with E-state index in [1.165, 1.54) is 11.8 Å². The summed E-state index contributed by atoms with van der Waals surface area (Å²) in [7, 11) is 0. The Morgan fingerprint density at radius 3 is 3.00 bits per heavy atom. The Bertz CT molecular complexity index is 756. The average molecular weight is 272 g/mol. The van der Waals surface area contributed by atoms with Gasteiger partial charge in [-0.15, -0.1) is 10.2 Å². The highest BCUT2D eigenvalue weighted by molar-refractivity contribution is 7.99. The van der Waals surface area contributed by atoms with E-state index in [1.807, 2.05) is 0 Å². The second-order valence-electron chi connectivity index (χ2n) is 3.70. The average Bonchev–Trinajstić information content (AvgIpc) is 2.88. The Hall–Kier alpha value is -2.41. The van der Waals surface area contributed by atoms with Crippen LogP contribution in [0.2, 0.25) is 0 Å². The first-order chi connectivity index (χ1) is 9.25. The predicted molar refractivity (Wildman–Crippen MR) is 68.3 cm³/mol. The lowest BCUT2D eigenvalue weighted by Crippen LogP contribution is -1.98. The van der Waals surface area contributed by atoms with Crippen LogP contribution in [0.15, 0.2) is 52.9 Å². The normalized spacial score (nSPS) is 10.7. The lowest BCUT2D eigenvalue weighted by atomic mass is 10.2. The molecule has 6 nitrogen and oxygen atoms in total. The fourth-order valence-electron chi connectivity index (χ4n) is 1.64. The zero-order valence-electron chi connectivity index (χ0n) is 9.59. The standard InChI is InChI=1S/C12H8N4O2S/c17-12(18)8-3-1-2-4-9(8)19-11-10-15-14-7-16(10)6-5-13-11/h1-7H,(H,17,18). The Balaban J connectivity index is 2.06. The summed E-state index contributed by atoms with van der Waals surface area (Å²) in [6.45, 7) is 0. The minimum absolute atomic E-state index is 0.246. The highest BCUT2D eigenvalue weighted by atomic mass is 32.2. The third-order valence-electron chi connectivity index (χ3n) is 2.51. The van der Waals surface area contributed by atoms with Gasteiger partial charge in [-0.1, -0.05) is 23.9 Å². The molecule has 19 heavy (non-hydrogen) atoms. The number of nitrogens with zero attached hydrogens (tertiary/aromatic N) is 4. The van der Waals surface area contributed by atoms with Crippen LogP contribution in [-0.2, 0) is 0 Å². The van der Waals surface area contributed by atoms with E-state index < -0.39 is 5.97 Å². The number of aromatic nitrogens is 4. The maximum Gasteiger partial charge on any atom is 0.336 e. The van der Waals surface area contributed by atoms with Crippen LogP contribution in [-0.4, -0.2) is 30.7 Å². The van der Waals surface area contributed by atoms with E-state index in [9.17, 15) is 4.79 Å². The number of hydrogen-bond acceptors (Lipinski definition) is 5. The number of carboxylic acid groups (broad SMARTS) is 1. The van der Waals surface area contributed by atoms with Crippen molar-refractivity contribution in [3.8, 4) is 0 Å². The summed E-state index contributed by atoms with van der Waals surface area (Å²) in [6, 6.07) is 6.79. The first-order valence-corrected chi connectivity index (χ1v) is 6.22. The molecule has 0 aliphatic rings. The van der Waals surface area contributed by atoms with E-state index in [0.717, 1.165) is 0 Å². The molecule has 2 heterocycles. The van der Waals surface area contributed by atoms with Gasteiger partial charge in [-0.05, 0) is 12.1 Å². The van der Waals surface area contributed by atoms with Crippen molar-refractivity contribution in [2.24, 2.45) is 0 Å². The van der Waals surface area contributed by atoms with Crippen LogP contribution in [0.25, 0.3) is 5.65 Å². The number of carboxylic acids is 1. The van der Waals surface area contributed by atoms with Crippen molar-refractivity contribution in [2.45, 2.75) is 9.92 Å². The molecule has 0 aliphatic carbocycles. The lowest BCUT2D eigenvalue weighted by molar-refractivity contribution is 0.0693. The number of benzene rings is 1. The second-order valence-corrected chi connectivity index (χ2v) is 4.73. The summed E-state index contributed by atoms with van der Waals surface area (Å²) in [5.74, 6) is -0.962. The number of fused-ring (bicyclic) bond motifs is 1. The molecular formula is C12H8N4O2S. The molecule has 1 aromatic carbocycles. The molecule has 94 valence electrons. The maximum absolute atomic E-state index is 11.2. The van der Waals surface area contributed by atoms with Crippen LogP contribution in [0.1, 0.15) is 10.4 Å². The Labute approximate surface area is 112 Å². The minimum Gasteiger partial charge on any atom is -0.478 e. The minimum atomic E-state index is -0.962. The molecule has 7 heteroatoms. The summed E-state index contributed by atoms with van der Waals surface area (Å²) in [6.07, 6.45) is 4.94. The zero-order valence-corrected chi connectivity index (χ0v) is 10.4. The van der Waals surface area contributed by atoms with Crippen molar-refractivity contribution in [3.05, 3.63) is 48.5 Å². The fourth-order valence-corrected chi connectivity index (χ4v) is 2.62. The molecule has 2 aromatic heterocycles. The van der Waals surface area contributed by atoms with Crippen LogP contribution in [0, 0.1) is 0 Å². The quantitative estimate of drug-likeness (QED) is 0.785. The molecule has 3 aromatic rings. The van der Waals surface area contributed by atoms with Crippen molar-refractivity contribution < 1.29 is 9.90 Å². The summed E-state index contributed by atoms with van der Waals surface area (Å²) >= 11 is 1.26. The molecule has 0 fully saturated rings. The fraction of sp³-hybridized carbons (Fsp3) is 0. The monoisotopic (exact) mass is 272 g/mol. The van der Waals surface area contributed by atoms with E-state index >= 15 is 0 Å². The zero-order chi connectivity index (χ0) is 13.2. The Morgan fingerprint density at radius 2 is 2.16 bits per heavy atom. The maximum atomic E-state index is 11.2. The van der Waals surface area contributed by atoms with Gasteiger partial charge in [-0.25, -0.2) is 9.78 Å². The molecule has 0 aliphatic heterocycles. The number of aromatic carboxylic acids is 1. The van der Waals surface area contributed by atoms with Crippen molar-refractivity contribution in [2.75, 3.05) is 0 Å². The van der Waals surface area contributed by atoms with Gasteiger partial charge in [-0.3, -0.25) is 4.40 Å². The number of carbonyl (C=O) groups is 1. The molecular weight excluding hydrogens is 264 g/mol. The highest BCUT2D eigenvalue weighted by Gasteiger charge is 2.13. The van der Waals surface area contributed by atoms with Crippen LogP contribution in [0.3, 0.4) is 0 Å². The van der Waals surface area contributed by atoms with Crippen molar-refractivity contribution in [1.82, 2.24) is 19.6 Å². The van der Waals surface area contributed by atoms with Gasteiger partial charge in [0.2, 0.25) is 0 Å². The molecule has 0 saturated heterocycles. The molecule has 0 saturated carbocycles. The van der Waals surface area contributed by atoms with Crippen molar-refractivity contribution >= 4 is 23.4 Å². The lowest BCUT2D eigenvalue weighted by Gasteiger charge is -2.05. The van der Waals surface area contributed by atoms with Crippen LogP contribution >= 0.6 is 11.8 Å². The van der Waals surface area contributed by atoms with Crippen LogP contribution in [0.4, 0.5) is 0 Å².